The second-order valence-electron chi connectivity index (χ2n) is 6.83. The first-order valence-electron chi connectivity index (χ1n) is 8.69. The van der Waals surface area contributed by atoms with Gasteiger partial charge >= 0.3 is 12.0 Å². The Morgan fingerprint density at radius 1 is 1.21 bits per heavy atom. The fourth-order valence-electron chi connectivity index (χ4n) is 3.50. The number of carbonyl (C=O) groups excluding carboxylic acids is 2. The summed E-state index contributed by atoms with van der Waals surface area (Å²) in [5, 5.41) is 12.1. The number of rotatable bonds is 7. The topological polar surface area (TPSA) is 99.2 Å². The van der Waals surface area contributed by atoms with Gasteiger partial charge in [-0.25, -0.2) is 4.79 Å². The van der Waals surface area contributed by atoms with Crippen LogP contribution < -0.4 is 5.32 Å². The largest absolute Gasteiger partial charge is 0.481 e. The molecular weight excluding hydrogens is 314 g/mol. The van der Waals surface area contributed by atoms with Crippen molar-refractivity contribution in [3.05, 3.63) is 0 Å². The van der Waals surface area contributed by atoms with E-state index in [1.54, 1.807) is 0 Å². The zero-order chi connectivity index (χ0) is 17.1. The number of aliphatic carboxylic acids is 1. The van der Waals surface area contributed by atoms with Gasteiger partial charge in [-0.3, -0.25) is 9.59 Å². The number of nitrogens with one attached hydrogen (secondary N) is 1. The molecular formula is C16H25N3O5. The Kier molecular flexibility index (Phi) is 5.23. The van der Waals surface area contributed by atoms with Gasteiger partial charge in [0.2, 0.25) is 5.91 Å². The highest BCUT2D eigenvalue weighted by molar-refractivity contribution is 5.85. The number of nitrogens with zero attached hydrogens (tertiary/aromatic N) is 2. The number of ether oxygens (including phenoxy) is 1. The van der Waals surface area contributed by atoms with Crippen LogP contribution >= 0.6 is 0 Å². The van der Waals surface area contributed by atoms with E-state index in [0.717, 1.165) is 12.8 Å². The SMILES string of the molecule is O=C(CN1CCN(C2CC2)C1=O)NCC(C(=O)O)C1CCOCC1. The Bertz CT molecular complexity index is 502. The van der Waals surface area contributed by atoms with E-state index in [1.165, 1.54) is 4.90 Å². The fraction of sp³-hybridized carbons (Fsp3) is 0.812. The quantitative estimate of drug-likeness (QED) is 0.687. The molecule has 0 spiro atoms. The first-order valence-corrected chi connectivity index (χ1v) is 8.69. The van der Waals surface area contributed by atoms with E-state index in [4.69, 9.17) is 4.74 Å². The molecule has 0 aromatic carbocycles. The predicted octanol–water partition coefficient (Wildman–Crippen LogP) is 0.130. The van der Waals surface area contributed by atoms with E-state index in [0.29, 0.717) is 45.2 Å². The summed E-state index contributed by atoms with van der Waals surface area (Å²) in [5.41, 5.74) is 0. The second-order valence-corrected chi connectivity index (χ2v) is 6.83. The van der Waals surface area contributed by atoms with Crippen LogP contribution in [-0.4, -0.2) is 78.2 Å². The van der Waals surface area contributed by atoms with Crippen LogP contribution in [0.5, 0.6) is 0 Å². The maximum absolute atomic E-state index is 12.2. The molecule has 2 heterocycles. The van der Waals surface area contributed by atoms with Crippen LogP contribution in [0, 0.1) is 11.8 Å². The molecule has 1 atom stereocenters. The van der Waals surface area contributed by atoms with Gasteiger partial charge in [0.15, 0.2) is 0 Å². The third-order valence-electron chi connectivity index (χ3n) is 5.12. The lowest BCUT2D eigenvalue weighted by molar-refractivity contribution is -0.145. The molecule has 3 amide bonds. The van der Waals surface area contributed by atoms with Crippen LogP contribution in [0.2, 0.25) is 0 Å². The minimum Gasteiger partial charge on any atom is -0.481 e. The lowest BCUT2D eigenvalue weighted by Crippen LogP contribution is -2.44. The zero-order valence-corrected chi connectivity index (χ0v) is 13.8. The number of urea groups is 1. The van der Waals surface area contributed by atoms with Gasteiger partial charge in [-0.2, -0.15) is 0 Å². The van der Waals surface area contributed by atoms with Crippen LogP contribution in [0.15, 0.2) is 0 Å². The normalized spacial score (nSPS) is 23.4. The summed E-state index contributed by atoms with van der Waals surface area (Å²) < 4.78 is 5.26. The molecule has 3 fully saturated rings. The number of carboxylic acids is 1. The first-order chi connectivity index (χ1) is 11.6. The highest BCUT2D eigenvalue weighted by Crippen LogP contribution is 2.29. The highest BCUT2D eigenvalue weighted by Gasteiger charge is 2.39. The van der Waals surface area contributed by atoms with Crippen molar-refractivity contribution < 1.29 is 24.2 Å². The lowest BCUT2D eigenvalue weighted by Gasteiger charge is -2.28. The highest BCUT2D eigenvalue weighted by atomic mass is 16.5. The zero-order valence-electron chi connectivity index (χ0n) is 13.8. The average Bonchev–Trinajstić information content (AvgIpc) is 3.34. The molecule has 134 valence electrons. The van der Waals surface area contributed by atoms with Gasteiger partial charge < -0.3 is 25.0 Å². The van der Waals surface area contributed by atoms with Crippen LogP contribution in [0.3, 0.4) is 0 Å². The van der Waals surface area contributed by atoms with Gasteiger partial charge in [-0.15, -0.1) is 0 Å². The van der Waals surface area contributed by atoms with Gasteiger partial charge in [-0.1, -0.05) is 0 Å². The van der Waals surface area contributed by atoms with E-state index < -0.39 is 11.9 Å². The maximum Gasteiger partial charge on any atom is 0.320 e. The average molecular weight is 339 g/mol. The van der Waals surface area contributed by atoms with Gasteiger partial charge in [0.05, 0.1) is 5.92 Å². The number of carbonyl (C=O) groups is 3. The molecule has 1 saturated carbocycles. The lowest BCUT2D eigenvalue weighted by atomic mass is 9.86. The molecule has 0 bridgehead atoms. The Balaban J connectivity index is 1.45. The Hall–Kier alpha value is -1.83. The van der Waals surface area contributed by atoms with Crippen molar-refractivity contribution in [1.82, 2.24) is 15.1 Å². The van der Waals surface area contributed by atoms with Gasteiger partial charge in [0.25, 0.3) is 0 Å². The van der Waals surface area contributed by atoms with Crippen molar-refractivity contribution in [2.75, 3.05) is 39.4 Å². The van der Waals surface area contributed by atoms with Crippen molar-refractivity contribution in [3.63, 3.8) is 0 Å². The third-order valence-corrected chi connectivity index (χ3v) is 5.12. The number of hydrogen-bond donors (Lipinski definition) is 2. The van der Waals surface area contributed by atoms with Crippen molar-refractivity contribution >= 4 is 17.9 Å². The molecule has 8 nitrogen and oxygen atoms in total. The Morgan fingerprint density at radius 3 is 2.54 bits per heavy atom. The summed E-state index contributed by atoms with van der Waals surface area (Å²) in [4.78, 5) is 39.1. The molecule has 2 saturated heterocycles. The molecule has 2 N–H and O–H groups in total. The summed E-state index contributed by atoms with van der Waals surface area (Å²) in [6.45, 7) is 2.49. The molecule has 1 unspecified atom stereocenters. The standard InChI is InChI=1S/C16H25N3O5/c20-14(10-18-5-6-19(16(18)23)12-1-2-12)17-9-13(15(21)22)11-3-7-24-8-4-11/h11-13H,1-10H2,(H,17,20)(H,21,22). The van der Waals surface area contributed by atoms with Crippen LogP contribution in [-0.2, 0) is 14.3 Å². The third kappa shape index (κ3) is 3.98. The van der Waals surface area contributed by atoms with E-state index >= 15 is 0 Å². The van der Waals surface area contributed by atoms with Crippen molar-refractivity contribution in [3.8, 4) is 0 Å². The summed E-state index contributed by atoms with van der Waals surface area (Å²) >= 11 is 0. The summed E-state index contributed by atoms with van der Waals surface area (Å²) in [6, 6.07) is 0.280. The second kappa shape index (κ2) is 7.38. The van der Waals surface area contributed by atoms with Crippen molar-refractivity contribution in [1.29, 1.82) is 0 Å². The molecule has 8 heteroatoms. The molecule has 0 radical (unpaired) electrons. The summed E-state index contributed by atoms with van der Waals surface area (Å²) in [5.74, 6) is -1.76. The predicted molar refractivity (Wildman–Crippen MR) is 84.4 cm³/mol. The first kappa shape index (κ1) is 17.0. The number of amides is 3. The van der Waals surface area contributed by atoms with Gasteiger partial charge in [0.1, 0.15) is 6.54 Å². The van der Waals surface area contributed by atoms with E-state index in [1.807, 2.05) is 4.90 Å². The minimum absolute atomic E-state index is 0.00215. The number of hydrogen-bond acceptors (Lipinski definition) is 4. The number of carboxylic acid groups (broad SMARTS) is 1. The van der Waals surface area contributed by atoms with E-state index in [2.05, 4.69) is 5.32 Å². The summed E-state index contributed by atoms with van der Waals surface area (Å²) in [7, 11) is 0. The Morgan fingerprint density at radius 2 is 1.92 bits per heavy atom. The van der Waals surface area contributed by atoms with E-state index in [9.17, 15) is 19.5 Å². The van der Waals surface area contributed by atoms with Gasteiger partial charge in [-0.05, 0) is 31.6 Å². The van der Waals surface area contributed by atoms with Crippen LogP contribution in [0.25, 0.3) is 0 Å². The monoisotopic (exact) mass is 339 g/mol. The smallest absolute Gasteiger partial charge is 0.320 e. The van der Waals surface area contributed by atoms with Gasteiger partial charge in [0, 0.05) is 38.9 Å². The van der Waals surface area contributed by atoms with Crippen molar-refractivity contribution in [2.24, 2.45) is 11.8 Å². The van der Waals surface area contributed by atoms with Crippen LogP contribution in [0.4, 0.5) is 4.79 Å². The molecule has 0 aromatic rings. The molecule has 1 aliphatic carbocycles. The Labute approximate surface area is 141 Å². The van der Waals surface area contributed by atoms with Crippen molar-refractivity contribution in [2.45, 2.75) is 31.7 Å². The molecule has 3 rings (SSSR count). The molecule has 0 aromatic heterocycles. The fourth-order valence-corrected chi connectivity index (χ4v) is 3.50. The molecule has 2 aliphatic heterocycles. The maximum atomic E-state index is 12.2. The molecule has 24 heavy (non-hydrogen) atoms. The van der Waals surface area contributed by atoms with Crippen LogP contribution in [0.1, 0.15) is 25.7 Å². The molecule has 3 aliphatic rings. The van der Waals surface area contributed by atoms with E-state index in [-0.39, 0.29) is 30.9 Å². The summed E-state index contributed by atoms with van der Waals surface area (Å²) in [6.07, 6.45) is 3.51. The minimum atomic E-state index is -0.889.